The van der Waals surface area contributed by atoms with Gasteiger partial charge >= 0.3 is 42.5 Å². The molecule has 1 aromatic heterocycles. The Morgan fingerprint density at radius 2 is 1.14 bits per heavy atom. The fraction of sp³-hybridized carbons (Fsp3) is 0.643. The minimum Gasteiger partial charge on any atom is -0.491 e. The lowest BCUT2D eigenvalue weighted by Crippen LogP contribution is -2.64. The van der Waals surface area contributed by atoms with E-state index in [1.165, 1.54) is 41.8 Å². The molecule has 0 aliphatic rings. The number of nitrogens with zero attached hydrogens (tertiary/aromatic N) is 2. The minimum absolute atomic E-state index is 0.00705. The Hall–Kier alpha value is -3.14. The summed E-state index contributed by atoms with van der Waals surface area (Å²) in [4.78, 5) is 8.53. The monoisotopic (exact) mass is 760 g/mol. The molecule has 0 saturated heterocycles. The van der Waals surface area contributed by atoms with Gasteiger partial charge < -0.3 is 9.47 Å². The van der Waals surface area contributed by atoms with Gasteiger partial charge in [-0.15, -0.1) is 0 Å². The van der Waals surface area contributed by atoms with E-state index in [1.807, 2.05) is 0 Å². The predicted octanol–water partition coefficient (Wildman–Crippen LogP) is 9.97. The third-order valence-electron chi connectivity index (χ3n) is 6.49. The lowest BCUT2D eigenvalue weighted by atomic mass is 10.1. The number of aryl methyl sites for hydroxylation is 1. The molecule has 1 aromatic carbocycles. The lowest BCUT2D eigenvalue weighted by Gasteiger charge is -2.36. The van der Waals surface area contributed by atoms with E-state index in [0.29, 0.717) is 11.4 Å². The maximum Gasteiger partial charge on any atom is 0.460 e. The van der Waals surface area contributed by atoms with Crippen LogP contribution in [0.1, 0.15) is 51.0 Å². The second kappa shape index (κ2) is 16.5. The Balaban J connectivity index is 1.90. The first kappa shape index (κ1) is 43.0. The van der Waals surface area contributed by atoms with Gasteiger partial charge in [0.25, 0.3) is 6.36 Å². The molecule has 286 valence electrons. The van der Waals surface area contributed by atoms with Gasteiger partial charge in [-0.2, -0.15) is 65.9 Å². The molecule has 0 N–H and O–H groups in total. The highest BCUT2D eigenvalue weighted by atomic mass is 19.4. The largest absolute Gasteiger partial charge is 0.491 e. The van der Waals surface area contributed by atoms with Gasteiger partial charge in [0.05, 0.1) is 6.61 Å². The van der Waals surface area contributed by atoms with E-state index in [9.17, 15) is 70.2 Å². The first-order valence-corrected chi connectivity index (χ1v) is 14.3. The zero-order valence-corrected chi connectivity index (χ0v) is 25.5. The van der Waals surface area contributed by atoms with Gasteiger partial charge in [0, 0.05) is 18.0 Å². The van der Waals surface area contributed by atoms with E-state index in [4.69, 9.17) is 4.74 Å². The van der Waals surface area contributed by atoms with Crippen LogP contribution in [0.4, 0.5) is 70.2 Å². The molecular weight excluding hydrogens is 732 g/mol. The standard InChI is InChI=1S/C28H28F16N2O4/c1-2-3-4-5-6-7-8-17-15-45-20(46-16-17)18-9-11-19(12-10-18)47-13-14-48-21(29)22(30,31)49-27(41,42)28(43,44)50-26(39,40)24(34,35)23(32,33)25(36,37)38/h9-12,15-16,21H,2-8,13-14H2,1H3. The number of benzene rings is 1. The highest BCUT2D eigenvalue weighted by Crippen LogP contribution is 2.56. The Kier molecular flexibility index (Phi) is 14.2. The molecule has 0 aliphatic heterocycles. The Bertz CT molecular complexity index is 1330. The van der Waals surface area contributed by atoms with Crippen molar-refractivity contribution in [2.45, 2.75) is 101 Å². The van der Waals surface area contributed by atoms with Crippen molar-refractivity contribution in [3.05, 3.63) is 42.2 Å². The second-order valence-electron chi connectivity index (χ2n) is 10.5. The van der Waals surface area contributed by atoms with Gasteiger partial charge in [-0.05, 0) is 42.7 Å². The molecule has 0 aliphatic carbocycles. The number of hydrogen-bond donors (Lipinski definition) is 0. The van der Waals surface area contributed by atoms with Crippen LogP contribution in [0.25, 0.3) is 11.4 Å². The van der Waals surface area contributed by atoms with Crippen LogP contribution >= 0.6 is 0 Å². The van der Waals surface area contributed by atoms with Crippen molar-refractivity contribution in [1.29, 1.82) is 0 Å². The van der Waals surface area contributed by atoms with Crippen LogP contribution in [0.2, 0.25) is 0 Å². The Labute approximate surface area is 273 Å². The summed E-state index contributed by atoms with van der Waals surface area (Å²) in [6, 6.07) is 5.57. The SMILES string of the molecule is CCCCCCCCc1cnc(-c2ccc(OCCOC(F)C(F)(F)OC(F)(F)C(F)(F)OC(F)(F)C(F)(F)C(F)(F)C(F)(F)F)cc2)nc1. The second-order valence-corrected chi connectivity index (χ2v) is 10.5. The molecule has 0 amide bonds. The van der Waals surface area contributed by atoms with Crippen LogP contribution in [0.15, 0.2) is 36.7 Å². The van der Waals surface area contributed by atoms with Gasteiger partial charge in [-0.1, -0.05) is 39.0 Å². The van der Waals surface area contributed by atoms with Gasteiger partial charge in [0.2, 0.25) is 0 Å². The van der Waals surface area contributed by atoms with Crippen molar-refractivity contribution in [2.75, 3.05) is 13.2 Å². The van der Waals surface area contributed by atoms with E-state index < -0.39 is 62.0 Å². The van der Waals surface area contributed by atoms with Gasteiger partial charge in [0.1, 0.15) is 12.4 Å². The van der Waals surface area contributed by atoms with Gasteiger partial charge in [0.15, 0.2) is 5.82 Å². The fourth-order valence-electron chi connectivity index (χ4n) is 3.77. The average Bonchev–Trinajstić information content (AvgIpc) is 2.99. The van der Waals surface area contributed by atoms with Crippen molar-refractivity contribution in [1.82, 2.24) is 9.97 Å². The Morgan fingerprint density at radius 1 is 0.620 bits per heavy atom. The molecule has 2 aromatic rings. The quantitative estimate of drug-likeness (QED) is 0.0933. The van der Waals surface area contributed by atoms with E-state index in [-0.39, 0.29) is 5.75 Å². The summed E-state index contributed by atoms with van der Waals surface area (Å²) in [5.74, 6) is -15.5. The maximum absolute atomic E-state index is 13.8. The molecule has 6 nitrogen and oxygen atoms in total. The zero-order chi connectivity index (χ0) is 38.2. The van der Waals surface area contributed by atoms with Crippen molar-refractivity contribution in [2.24, 2.45) is 0 Å². The van der Waals surface area contributed by atoms with Crippen LogP contribution in [-0.2, 0) is 20.6 Å². The highest BCUT2D eigenvalue weighted by Gasteiger charge is 2.85. The number of unbranched alkanes of at least 4 members (excludes halogenated alkanes) is 5. The molecule has 50 heavy (non-hydrogen) atoms. The van der Waals surface area contributed by atoms with Crippen molar-refractivity contribution in [3.63, 3.8) is 0 Å². The number of alkyl halides is 16. The van der Waals surface area contributed by atoms with Crippen LogP contribution < -0.4 is 4.74 Å². The summed E-state index contributed by atoms with van der Waals surface area (Å²) in [6.07, 6.45) is -30.0. The maximum atomic E-state index is 13.8. The number of aromatic nitrogens is 2. The average molecular weight is 761 g/mol. The first-order chi connectivity index (χ1) is 22.8. The van der Waals surface area contributed by atoms with Crippen LogP contribution in [0.3, 0.4) is 0 Å². The van der Waals surface area contributed by atoms with Gasteiger partial charge in [-0.3, -0.25) is 0 Å². The summed E-state index contributed by atoms with van der Waals surface area (Å²) in [5.41, 5.74) is 1.44. The van der Waals surface area contributed by atoms with Crippen LogP contribution in [0, 0.1) is 0 Å². The molecule has 2 rings (SSSR count). The van der Waals surface area contributed by atoms with E-state index in [1.54, 1.807) is 12.4 Å². The third-order valence-corrected chi connectivity index (χ3v) is 6.49. The molecule has 22 heteroatoms. The molecular formula is C28H28F16N2O4. The van der Waals surface area contributed by atoms with E-state index in [0.717, 1.165) is 37.7 Å². The normalized spacial score (nSPS) is 14.6. The molecule has 0 fully saturated rings. The molecule has 0 saturated carbocycles. The summed E-state index contributed by atoms with van der Waals surface area (Å²) in [6.45, 7) is 0.0561. The minimum atomic E-state index is -8.00. The van der Waals surface area contributed by atoms with Crippen molar-refractivity contribution >= 4 is 0 Å². The van der Waals surface area contributed by atoms with E-state index in [2.05, 4.69) is 26.4 Å². The van der Waals surface area contributed by atoms with E-state index >= 15 is 0 Å². The molecule has 1 unspecified atom stereocenters. The zero-order valence-electron chi connectivity index (χ0n) is 25.5. The first-order valence-electron chi connectivity index (χ1n) is 14.3. The highest BCUT2D eigenvalue weighted by molar-refractivity contribution is 5.55. The topological polar surface area (TPSA) is 62.7 Å². The molecule has 0 spiro atoms. The van der Waals surface area contributed by atoms with Gasteiger partial charge in [-0.25, -0.2) is 23.8 Å². The van der Waals surface area contributed by atoms with Crippen LogP contribution in [-0.4, -0.2) is 72.0 Å². The summed E-state index contributed by atoms with van der Waals surface area (Å²) >= 11 is 0. The number of hydrogen-bond acceptors (Lipinski definition) is 6. The van der Waals surface area contributed by atoms with Crippen molar-refractivity contribution in [3.8, 4) is 17.1 Å². The van der Waals surface area contributed by atoms with Crippen LogP contribution in [0.5, 0.6) is 5.75 Å². The lowest BCUT2D eigenvalue weighted by molar-refractivity contribution is -0.548. The molecule has 0 bridgehead atoms. The smallest absolute Gasteiger partial charge is 0.460 e. The molecule has 1 atom stereocenters. The summed E-state index contributed by atoms with van der Waals surface area (Å²) in [5, 5.41) is 0. The summed E-state index contributed by atoms with van der Waals surface area (Å²) in [7, 11) is 0. The molecule has 1 heterocycles. The van der Waals surface area contributed by atoms with Crippen molar-refractivity contribution < 1.29 is 89.2 Å². The Morgan fingerprint density at radius 3 is 1.68 bits per heavy atom. The molecule has 0 radical (unpaired) electrons. The summed E-state index contributed by atoms with van der Waals surface area (Å²) < 4.78 is 222. The number of ether oxygens (including phenoxy) is 4. The number of rotatable bonds is 21. The third kappa shape index (κ3) is 10.7. The number of halogens is 16. The predicted molar refractivity (Wildman–Crippen MR) is 139 cm³/mol. The fourth-order valence-corrected chi connectivity index (χ4v) is 3.77.